The smallest absolute Gasteiger partial charge is 0.116 e. The third-order valence-electron chi connectivity index (χ3n) is 1.63. The third kappa shape index (κ3) is 2.82. The van der Waals surface area contributed by atoms with E-state index in [-0.39, 0.29) is 5.72 Å². The largest absolute Gasteiger partial charge is 0.361 e. The van der Waals surface area contributed by atoms with Gasteiger partial charge >= 0.3 is 0 Å². The molecule has 0 aromatic rings. The van der Waals surface area contributed by atoms with Crippen molar-refractivity contribution >= 4 is 0 Å². The van der Waals surface area contributed by atoms with Gasteiger partial charge in [-0.3, -0.25) is 0 Å². The molecule has 0 saturated heterocycles. The lowest BCUT2D eigenvalue weighted by atomic mass is 10.1. The van der Waals surface area contributed by atoms with E-state index in [0.29, 0.717) is 6.61 Å². The molecule has 56 valence electrons. The quantitative estimate of drug-likeness (QED) is 0.587. The van der Waals surface area contributed by atoms with Crippen molar-refractivity contribution in [3.8, 4) is 0 Å². The summed E-state index contributed by atoms with van der Waals surface area (Å²) in [6, 6.07) is 0. The molecule has 0 heterocycles. The molecule has 0 aliphatic carbocycles. The van der Waals surface area contributed by atoms with Crippen LogP contribution in [0.25, 0.3) is 0 Å². The molecule has 0 spiro atoms. The zero-order valence-corrected chi connectivity index (χ0v) is 6.61. The molecule has 0 bridgehead atoms. The van der Waals surface area contributed by atoms with E-state index in [1.165, 1.54) is 0 Å². The number of ether oxygens (including phenoxy) is 1. The normalized spacial score (nSPS) is 12.0. The van der Waals surface area contributed by atoms with Crippen molar-refractivity contribution in [1.29, 1.82) is 0 Å². The van der Waals surface area contributed by atoms with Gasteiger partial charge in [-0.25, -0.2) is 0 Å². The van der Waals surface area contributed by atoms with Crippen LogP contribution in [0, 0.1) is 0 Å². The molecule has 2 nitrogen and oxygen atoms in total. The monoisotopic (exact) mass is 131 g/mol. The maximum Gasteiger partial charge on any atom is 0.116 e. The fraction of sp³-hybridized carbons (Fsp3) is 1.00. The summed E-state index contributed by atoms with van der Waals surface area (Å²) < 4.78 is 5.31. The minimum absolute atomic E-state index is 0.366. The molecule has 0 rings (SSSR count). The fourth-order valence-corrected chi connectivity index (χ4v) is 0.742. The summed E-state index contributed by atoms with van der Waals surface area (Å²) in [5, 5.41) is 0. The lowest BCUT2D eigenvalue weighted by Crippen LogP contribution is -2.41. The first kappa shape index (κ1) is 8.92. The van der Waals surface area contributed by atoms with Crippen LogP contribution < -0.4 is 5.73 Å². The Morgan fingerprint density at radius 2 is 1.67 bits per heavy atom. The minimum Gasteiger partial charge on any atom is -0.361 e. The molecule has 0 aliphatic rings. The van der Waals surface area contributed by atoms with Gasteiger partial charge < -0.3 is 10.5 Å². The lowest BCUT2D eigenvalue weighted by Gasteiger charge is -2.25. The molecular weight excluding hydrogens is 114 g/mol. The molecule has 0 radical (unpaired) electrons. The van der Waals surface area contributed by atoms with Gasteiger partial charge in [-0.2, -0.15) is 0 Å². The summed E-state index contributed by atoms with van der Waals surface area (Å²) in [5.74, 6) is 0. The van der Waals surface area contributed by atoms with Gasteiger partial charge in [0.05, 0.1) is 0 Å². The van der Waals surface area contributed by atoms with Crippen molar-refractivity contribution in [3.05, 3.63) is 0 Å². The predicted molar refractivity (Wildman–Crippen MR) is 39.1 cm³/mol. The van der Waals surface area contributed by atoms with Crippen molar-refractivity contribution in [2.45, 2.75) is 39.3 Å². The lowest BCUT2D eigenvalue weighted by molar-refractivity contribution is -0.0402. The van der Waals surface area contributed by atoms with E-state index in [9.17, 15) is 0 Å². The van der Waals surface area contributed by atoms with Crippen LogP contribution in [0.5, 0.6) is 0 Å². The van der Waals surface area contributed by atoms with Gasteiger partial charge in [0.2, 0.25) is 0 Å². The standard InChI is InChI=1S/C7H17NO/c1-4-7(8,5-2)9-6-3/h4-6,8H2,1-3H3. The van der Waals surface area contributed by atoms with E-state index in [4.69, 9.17) is 10.5 Å². The molecule has 0 amide bonds. The van der Waals surface area contributed by atoms with Crippen LogP contribution in [0.2, 0.25) is 0 Å². The molecule has 0 fully saturated rings. The van der Waals surface area contributed by atoms with Crippen molar-refractivity contribution in [2.24, 2.45) is 5.73 Å². The van der Waals surface area contributed by atoms with Gasteiger partial charge in [0.15, 0.2) is 0 Å². The Hall–Kier alpha value is -0.0800. The van der Waals surface area contributed by atoms with Crippen molar-refractivity contribution < 1.29 is 4.74 Å². The van der Waals surface area contributed by atoms with Crippen molar-refractivity contribution in [2.75, 3.05) is 6.61 Å². The Morgan fingerprint density at radius 3 is 1.78 bits per heavy atom. The van der Waals surface area contributed by atoms with Crippen molar-refractivity contribution in [3.63, 3.8) is 0 Å². The number of hydrogen-bond donors (Lipinski definition) is 1. The van der Waals surface area contributed by atoms with Crippen LogP contribution >= 0.6 is 0 Å². The van der Waals surface area contributed by atoms with Gasteiger partial charge in [0.1, 0.15) is 5.72 Å². The zero-order valence-electron chi connectivity index (χ0n) is 6.61. The van der Waals surface area contributed by atoms with Crippen LogP contribution in [0.3, 0.4) is 0 Å². The van der Waals surface area contributed by atoms with E-state index in [1.54, 1.807) is 0 Å². The molecule has 9 heavy (non-hydrogen) atoms. The first-order valence-electron chi connectivity index (χ1n) is 3.61. The number of hydrogen-bond acceptors (Lipinski definition) is 2. The van der Waals surface area contributed by atoms with Crippen LogP contribution in [-0.2, 0) is 4.74 Å². The molecule has 0 unspecified atom stereocenters. The average molecular weight is 131 g/mol. The molecule has 2 heteroatoms. The first-order chi connectivity index (χ1) is 4.18. The summed E-state index contributed by atoms with van der Waals surface area (Å²) in [4.78, 5) is 0. The second kappa shape index (κ2) is 3.85. The molecule has 2 N–H and O–H groups in total. The number of nitrogens with two attached hydrogens (primary N) is 1. The Balaban J connectivity index is 3.62. The highest BCUT2D eigenvalue weighted by atomic mass is 16.5. The second-order valence-electron chi connectivity index (χ2n) is 2.20. The Labute approximate surface area is 57.4 Å². The Bertz CT molecular complexity index is 69.3. The fourth-order valence-electron chi connectivity index (χ4n) is 0.742. The third-order valence-corrected chi connectivity index (χ3v) is 1.63. The molecular formula is C7H17NO. The highest BCUT2D eigenvalue weighted by Crippen LogP contribution is 2.11. The molecule has 0 atom stereocenters. The maximum absolute atomic E-state index is 5.78. The van der Waals surface area contributed by atoms with Crippen LogP contribution in [-0.4, -0.2) is 12.3 Å². The highest BCUT2D eigenvalue weighted by Gasteiger charge is 2.18. The average Bonchev–Trinajstić information content (AvgIpc) is 1.89. The molecule has 0 aromatic carbocycles. The van der Waals surface area contributed by atoms with Gasteiger partial charge in [-0.05, 0) is 19.8 Å². The van der Waals surface area contributed by atoms with E-state index in [0.717, 1.165) is 12.8 Å². The van der Waals surface area contributed by atoms with Crippen LogP contribution in [0.1, 0.15) is 33.6 Å². The summed E-state index contributed by atoms with van der Waals surface area (Å²) in [6.07, 6.45) is 1.77. The Kier molecular flexibility index (Phi) is 3.82. The van der Waals surface area contributed by atoms with Gasteiger partial charge in [0, 0.05) is 6.61 Å². The SMILES string of the molecule is CCOC(N)(CC)CC. The minimum atomic E-state index is -0.366. The van der Waals surface area contributed by atoms with Crippen LogP contribution in [0.15, 0.2) is 0 Å². The van der Waals surface area contributed by atoms with E-state index < -0.39 is 0 Å². The summed E-state index contributed by atoms with van der Waals surface area (Å²) in [7, 11) is 0. The van der Waals surface area contributed by atoms with Gasteiger partial charge in [-0.1, -0.05) is 13.8 Å². The molecule has 0 aliphatic heterocycles. The van der Waals surface area contributed by atoms with Gasteiger partial charge in [0.25, 0.3) is 0 Å². The second-order valence-corrected chi connectivity index (χ2v) is 2.20. The summed E-state index contributed by atoms with van der Waals surface area (Å²) in [5.41, 5.74) is 5.42. The Morgan fingerprint density at radius 1 is 1.22 bits per heavy atom. The van der Waals surface area contributed by atoms with Crippen molar-refractivity contribution in [1.82, 2.24) is 0 Å². The van der Waals surface area contributed by atoms with E-state index in [2.05, 4.69) is 0 Å². The van der Waals surface area contributed by atoms with E-state index in [1.807, 2.05) is 20.8 Å². The molecule has 0 aromatic heterocycles. The summed E-state index contributed by atoms with van der Waals surface area (Å²) in [6.45, 7) is 6.75. The van der Waals surface area contributed by atoms with Gasteiger partial charge in [-0.15, -0.1) is 0 Å². The first-order valence-corrected chi connectivity index (χ1v) is 3.61. The highest BCUT2D eigenvalue weighted by molar-refractivity contribution is 4.67. The van der Waals surface area contributed by atoms with E-state index >= 15 is 0 Å². The summed E-state index contributed by atoms with van der Waals surface area (Å²) >= 11 is 0. The topological polar surface area (TPSA) is 35.2 Å². The number of rotatable bonds is 4. The maximum atomic E-state index is 5.78. The van der Waals surface area contributed by atoms with Crippen LogP contribution in [0.4, 0.5) is 0 Å². The zero-order chi connectivity index (χ0) is 7.33. The predicted octanol–water partition coefficient (Wildman–Crippen LogP) is 1.50. The molecule has 0 saturated carbocycles.